The van der Waals surface area contributed by atoms with E-state index in [0.717, 1.165) is 72.8 Å². The molecule has 2 saturated carbocycles. The maximum atomic E-state index is 4.98. The molecule has 0 N–H and O–H groups in total. The molecule has 0 heterocycles. The van der Waals surface area contributed by atoms with Gasteiger partial charge in [-0.1, -0.05) is 77.3 Å². The summed E-state index contributed by atoms with van der Waals surface area (Å²) < 4.78 is 0. The summed E-state index contributed by atoms with van der Waals surface area (Å²) in [7, 11) is 0. The first kappa shape index (κ1) is 37.0. The molecule has 2 fully saturated rings. The quantitative estimate of drug-likeness (QED) is 0.208. The van der Waals surface area contributed by atoms with Crippen molar-refractivity contribution in [3.8, 4) is 0 Å². The van der Waals surface area contributed by atoms with Gasteiger partial charge in [0.25, 0.3) is 0 Å². The Bertz CT molecular complexity index is 765. The Labute approximate surface area is 267 Å². The van der Waals surface area contributed by atoms with Gasteiger partial charge in [0.2, 0.25) is 0 Å². The molecular formula is C36H56N3Zr-5. The van der Waals surface area contributed by atoms with E-state index in [4.69, 9.17) is 10.6 Å². The summed E-state index contributed by atoms with van der Waals surface area (Å²) in [6.07, 6.45) is 5.35. The molecule has 2 aromatic carbocycles. The van der Waals surface area contributed by atoms with Gasteiger partial charge in [0.05, 0.1) is 0 Å². The largest absolute Gasteiger partial charge is 0.665 e. The molecule has 4 unspecified atom stereocenters. The zero-order valence-electron chi connectivity index (χ0n) is 26.3. The third kappa shape index (κ3) is 14.7. The fraction of sp³-hybridized carbons (Fsp3) is 0.611. The van der Waals surface area contributed by atoms with E-state index in [-0.39, 0.29) is 26.2 Å². The Kier molecular flexibility index (Phi) is 19.2. The van der Waals surface area contributed by atoms with E-state index in [0.29, 0.717) is 12.1 Å². The number of hydrogen-bond acceptors (Lipinski definition) is 0. The summed E-state index contributed by atoms with van der Waals surface area (Å²) in [5, 5.41) is 14.6. The van der Waals surface area contributed by atoms with Gasteiger partial charge in [-0.05, 0) is 37.5 Å². The van der Waals surface area contributed by atoms with Gasteiger partial charge in [0.1, 0.15) is 0 Å². The first-order valence-corrected chi connectivity index (χ1v) is 15.4. The normalized spacial score (nSPS) is 29.6. The molecule has 2 aromatic rings. The van der Waals surface area contributed by atoms with Crippen molar-refractivity contribution in [2.24, 2.45) is 35.5 Å². The molecule has 0 aliphatic heterocycles. The molecule has 4 heteroatoms. The van der Waals surface area contributed by atoms with Crippen LogP contribution in [-0.4, -0.2) is 38.3 Å². The molecule has 2 aliphatic carbocycles. The minimum Gasteiger partial charge on any atom is -0.665 e. The van der Waals surface area contributed by atoms with Gasteiger partial charge < -0.3 is 16.0 Å². The Morgan fingerprint density at radius 3 is 1.07 bits per heavy atom. The van der Waals surface area contributed by atoms with Crippen LogP contribution in [0.4, 0.5) is 0 Å². The minimum absolute atomic E-state index is 0. The first-order valence-electron chi connectivity index (χ1n) is 15.4. The summed E-state index contributed by atoms with van der Waals surface area (Å²) in [6.45, 7) is 25.3. The molecule has 2 aliphatic rings. The Balaban J connectivity index is 0.000000432. The third-order valence-corrected chi connectivity index (χ3v) is 8.31. The van der Waals surface area contributed by atoms with Crippen LogP contribution in [-0.2, 0) is 26.2 Å². The molecule has 4 atom stereocenters. The predicted octanol–water partition coefficient (Wildman–Crippen LogP) is 9.98. The molecule has 0 spiro atoms. The smallest absolute Gasteiger partial charge is 0 e. The van der Waals surface area contributed by atoms with Gasteiger partial charge in [-0.25, -0.2) is 0 Å². The van der Waals surface area contributed by atoms with Gasteiger partial charge in [-0.15, -0.1) is 36.3 Å². The van der Waals surface area contributed by atoms with Gasteiger partial charge >= 0.3 is 0 Å². The molecule has 0 aromatic heterocycles. The van der Waals surface area contributed by atoms with Crippen LogP contribution in [0.15, 0.2) is 60.7 Å². The molecule has 0 bridgehead atoms. The summed E-state index contributed by atoms with van der Waals surface area (Å²) in [6, 6.07) is 20.9. The second kappa shape index (κ2) is 20.8. The standard InChI is InChI=1S/C22H42N3.2C7H7.Zr/c1-15-11-17(3)21(18(4)12-15)24-9-7-23-8-10-25-22-19(5)13-16(2)14-20(22)6;2*1-7-5-3-2-4-6-7;/h15-22H,7-14H2,1-6H3;2*2-6H,1H2;/q-3;2*-1;. The third-order valence-electron chi connectivity index (χ3n) is 8.31. The number of hydrogen-bond donors (Lipinski definition) is 0. The molecule has 3 nitrogen and oxygen atoms in total. The SMILES string of the molecule is CC1CC(C)C([N-]CC[N-]CC[N-]C2C(C)CC(C)CC2C)C(C)C1.[CH2-]c1ccccc1.[CH2-]c1ccccc1.[Zr]. The minimum atomic E-state index is 0. The Morgan fingerprint density at radius 1 is 0.525 bits per heavy atom. The van der Waals surface area contributed by atoms with Crippen LogP contribution in [0, 0.1) is 49.4 Å². The summed E-state index contributed by atoms with van der Waals surface area (Å²) >= 11 is 0. The number of benzene rings is 2. The van der Waals surface area contributed by atoms with Gasteiger partial charge in [-0.2, -0.15) is 75.4 Å². The predicted molar refractivity (Wildman–Crippen MR) is 172 cm³/mol. The average Bonchev–Trinajstić information content (AvgIpc) is 2.87. The molecule has 0 amide bonds. The van der Waals surface area contributed by atoms with E-state index in [1.165, 1.54) is 25.7 Å². The van der Waals surface area contributed by atoms with E-state index < -0.39 is 0 Å². The fourth-order valence-electron chi connectivity index (χ4n) is 6.75. The van der Waals surface area contributed by atoms with E-state index >= 15 is 0 Å². The topological polar surface area (TPSA) is 42.3 Å². The van der Waals surface area contributed by atoms with Crippen molar-refractivity contribution in [1.29, 1.82) is 0 Å². The monoisotopic (exact) mass is 620 g/mol. The molecular weight excluding hydrogens is 566 g/mol. The van der Waals surface area contributed by atoms with Crippen LogP contribution in [0.25, 0.3) is 16.0 Å². The van der Waals surface area contributed by atoms with E-state index in [1.807, 2.05) is 60.7 Å². The van der Waals surface area contributed by atoms with Crippen molar-refractivity contribution >= 4 is 0 Å². The van der Waals surface area contributed by atoms with Gasteiger partial charge in [-0.3, -0.25) is 0 Å². The summed E-state index contributed by atoms with van der Waals surface area (Å²) in [4.78, 5) is 0. The molecule has 4 rings (SSSR count). The van der Waals surface area contributed by atoms with E-state index in [9.17, 15) is 0 Å². The Hall–Kier alpha value is -1.06. The van der Waals surface area contributed by atoms with Gasteiger partial charge in [0, 0.05) is 26.2 Å². The fourth-order valence-corrected chi connectivity index (χ4v) is 6.75. The number of nitrogens with zero attached hydrogens (tertiary/aromatic N) is 3. The van der Waals surface area contributed by atoms with Crippen LogP contribution in [0.1, 0.15) is 78.4 Å². The van der Waals surface area contributed by atoms with E-state index in [1.54, 1.807) is 0 Å². The summed E-state index contributed by atoms with van der Waals surface area (Å²) in [5.74, 6) is 4.71. The Morgan fingerprint density at radius 2 is 0.825 bits per heavy atom. The first-order chi connectivity index (χ1) is 18.7. The van der Waals surface area contributed by atoms with Gasteiger partial charge in [0.15, 0.2) is 0 Å². The second-order valence-corrected chi connectivity index (χ2v) is 12.5. The molecule has 224 valence electrons. The van der Waals surface area contributed by atoms with Crippen LogP contribution in [0.2, 0.25) is 0 Å². The van der Waals surface area contributed by atoms with Crippen molar-refractivity contribution in [2.45, 2.75) is 79.3 Å². The number of rotatable bonds is 8. The molecule has 0 saturated heterocycles. The van der Waals surface area contributed by atoms with Crippen LogP contribution in [0.3, 0.4) is 0 Å². The molecule has 0 radical (unpaired) electrons. The zero-order valence-corrected chi connectivity index (χ0v) is 28.8. The maximum Gasteiger partial charge on any atom is 0 e. The van der Waals surface area contributed by atoms with Crippen molar-refractivity contribution < 1.29 is 26.2 Å². The van der Waals surface area contributed by atoms with Crippen LogP contribution >= 0.6 is 0 Å². The average molecular weight is 622 g/mol. The van der Waals surface area contributed by atoms with Crippen LogP contribution < -0.4 is 0 Å². The van der Waals surface area contributed by atoms with Crippen LogP contribution in [0.5, 0.6) is 0 Å². The van der Waals surface area contributed by atoms with E-state index in [2.05, 4.69) is 60.7 Å². The molecule has 40 heavy (non-hydrogen) atoms. The van der Waals surface area contributed by atoms with Crippen molar-refractivity contribution in [2.75, 3.05) is 26.2 Å². The zero-order chi connectivity index (χ0) is 28.6. The summed E-state index contributed by atoms with van der Waals surface area (Å²) in [5.41, 5.74) is 2.14. The second-order valence-electron chi connectivity index (χ2n) is 12.5. The van der Waals surface area contributed by atoms with Crippen molar-refractivity contribution in [1.82, 2.24) is 0 Å². The van der Waals surface area contributed by atoms with Crippen molar-refractivity contribution in [3.05, 3.63) is 102 Å². The van der Waals surface area contributed by atoms with Crippen molar-refractivity contribution in [3.63, 3.8) is 0 Å². The maximum absolute atomic E-state index is 4.98.